The monoisotopic (exact) mass is 435 g/mol. The summed E-state index contributed by atoms with van der Waals surface area (Å²) in [5.74, 6) is -0.108. The van der Waals surface area contributed by atoms with E-state index in [0.717, 1.165) is 11.3 Å². The van der Waals surface area contributed by atoms with Crippen molar-refractivity contribution in [2.24, 2.45) is 23.7 Å². The number of fused-ring (bicyclic) bond motifs is 5. The molecular formula is C23H21N3O6. The standard InChI is InChI=1S/C23H21N3O6/c1-31-18-8-5-14(10-19(18)32-2)24-16-7-6-15(11-17(16)26(29)30)25-22(27)20-12-3-4-13(9-12)21(20)23(25)28/h3-8,10-13,20-21,24H,9H2,1-2H3/t12-,13-,20-,21-/m0/s1. The molecule has 32 heavy (non-hydrogen) atoms. The van der Waals surface area contributed by atoms with Gasteiger partial charge in [-0.05, 0) is 42.5 Å². The van der Waals surface area contributed by atoms with E-state index < -0.39 is 4.92 Å². The number of anilines is 3. The number of hydrogen-bond donors (Lipinski definition) is 1. The Kier molecular flexibility index (Phi) is 4.61. The number of hydrogen-bond acceptors (Lipinski definition) is 7. The quantitative estimate of drug-likeness (QED) is 0.319. The molecule has 2 amide bonds. The van der Waals surface area contributed by atoms with Crippen LogP contribution in [0.2, 0.25) is 0 Å². The second kappa shape index (κ2) is 7.37. The van der Waals surface area contributed by atoms with Crippen LogP contribution in [0.3, 0.4) is 0 Å². The number of benzene rings is 2. The first-order valence-electron chi connectivity index (χ1n) is 10.3. The van der Waals surface area contributed by atoms with Gasteiger partial charge in [0.2, 0.25) is 11.8 Å². The SMILES string of the molecule is COc1ccc(Nc2ccc(N3C(=O)[C@@H]4[C@@H](C3=O)[C@H]3C=C[C@H]4C3)cc2[N+](=O)[O-])cc1OC. The van der Waals surface area contributed by atoms with Gasteiger partial charge in [0.25, 0.3) is 5.69 Å². The average molecular weight is 435 g/mol. The lowest BCUT2D eigenvalue weighted by Crippen LogP contribution is -2.32. The number of nitrogens with zero attached hydrogens (tertiary/aromatic N) is 2. The summed E-state index contributed by atoms with van der Waals surface area (Å²) in [4.78, 5) is 38.5. The molecule has 5 rings (SSSR count). The summed E-state index contributed by atoms with van der Waals surface area (Å²) in [7, 11) is 3.02. The van der Waals surface area contributed by atoms with Crippen LogP contribution in [-0.4, -0.2) is 31.0 Å². The first kappa shape index (κ1) is 20.0. The van der Waals surface area contributed by atoms with Crippen molar-refractivity contribution >= 4 is 34.6 Å². The van der Waals surface area contributed by atoms with Crippen molar-refractivity contribution in [1.82, 2.24) is 0 Å². The van der Waals surface area contributed by atoms with Gasteiger partial charge in [0.15, 0.2) is 11.5 Å². The van der Waals surface area contributed by atoms with Crippen LogP contribution in [0.5, 0.6) is 11.5 Å². The Balaban J connectivity index is 1.46. The highest BCUT2D eigenvalue weighted by atomic mass is 16.6. The molecule has 2 aromatic carbocycles. The third-order valence-corrected chi connectivity index (χ3v) is 6.57. The van der Waals surface area contributed by atoms with Crippen LogP contribution in [0, 0.1) is 33.8 Å². The van der Waals surface area contributed by atoms with Crippen LogP contribution in [0.4, 0.5) is 22.7 Å². The van der Waals surface area contributed by atoms with Gasteiger partial charge in [0.1, 0.15) is 5.69 Å². The Labute approximate surface area is 183 Å². The molecule has 2 fully saturated rings. The normalized spacial score (nSPS) is 25.2. The number of nitro benzene ring substituents is 1. The second-order valence-corrected chi connectivity index (χ2v) is 8.17. The maximum atomic E-state index is 13.0. The fraction of sp³-hybridized carbons (Fsp3) is 0.304. The molecule has 4 atom stereocenters. The van der Waals surface area contributed by atoms with Crippen molar-refractivity contribution < 1.29 is 24.0 Å². The molecule has 2 bridgehead atoms. The minimum atomic E-state index is -0.538. The Hall–Kier alpha value is -3.88. The second-order valence-electron chi connectivity index (χ2n) is 8.17. The van der Waals surface area contributed by atoms with E-state index in [1.165, 1.54) is 26.4 Å². The lowest BCUT2D eigenvalue weighted by Gasteiger charge is -2.18. The third kappa shape index (κ3) is 2.92. The molecule has 1 heterocycles. The van der Waals surface area contributed by atoms with E-state index >= 15 is 0 Å². The van der Waals surface area contributed by atoms with Gasteiger partial charge in [0.05, 0.1) is 36.7 Å². The molecule has 2 aromatic rings. The number of amides is 2. The molecule has 1 N–H and O–H groups in total. The molecule has 0 radical (unpaired) electrons. The molecule has 0 aromatic heterocycles. The summed E-state index contributed by atoms with van der Waals surface area (Å²) in [6.45, 7) is 0. The zero-order valence-electron chi connectivity index (χ0n) is 17.5. The minimum Gasteiger partial charge on any atom is -0.493 e. The molecule has 9 heteroatoms. The van der Waals surface area contributed by atoms with Gasteiger partial charge in [0, 0.05) is 17.8 Å². The fourth-order valence-electron chi connectivity index (χ4n) is 5.14. The number of nitro groups is 1. The summed E-state index contributed by atoms with van der Waals surface area (Å²) < 4.78 is 10.5. The lowest BCUT2D eigenvalue weighted by atomic mass is 9.85. The van der Waals surface area contributed by atoms with E-state index in [2.05, 4.69) is 5.32 Å². The van der Waals surface area contributed by atoms with Crippen molar-refractivity contribution in [1.29, 1.82) is 0 Å². The molecule has 0 spiro atoms. The van der Waals surface area contributed by atoms with Crippen LogP contribution < -0.4 is 19.7 Å². The predicted molar refractivity (Wildman–Crippen MR) is 116 cm³/mol. The third-order valence-electron chi connectivity index (χ3n) is 6.57. The average Bonchev–Trinajstić information content (AvgIpc) is 3.47. The summed E-state index contributed by atoms with van der Waals surface area (Å²) in [6, 6.07) is 9.39. The summed E-state index contributed by atoms with van der Waals surface area (Å²) in [5.41, 5.74) is 0.769. The van der Waals surface area contributed by atoms with Crippen LogP contribution >= 0.6 is 0 Å². The Bertz CT molecular complexity index is 1150. The molecule has 164 valence electrons. The van der Waals surface area contributed by atoms with Gasteiger partial charge in [-0.15, -0.1) is 0 Å². The van der Waals surface area contributed by atoms with Crippen LogP contribution in [0.1, 0.15) is 6.42 Å². The largest absolute Gasteiger partial charge is 0.493 e. The highest BCUT2D eigenvalue weighted by Gasteiger charge is 2.59. The minimum absolute atomic E-state index is 0.0763. The summed E-state index contributed by atoms with van der Waals surface area (Å²) >= 11 is 0. The molecule has 1 saturated heterocycles. The molecule has 2 aliphatic carbocycles. The Morgan fingerprint density at radius 3 is 2.22 bits per heavy atom. The zero-order valence-corrected chi connectivity index (χ0v) is 17.5. The van der Waals surface area contributed by atoms with E-state index in [-0.39, 0.29) is 52.5 Å². The van der Waals surface area contributed by atoms with Crippen molar-refractivity contribution in [3.05, 3.63) is 58.7 Å². The number of rotatable bonds is 6. The number of carbonyl (C=O) groups excluding carboxylic acids is 2. The van der Waals surface area contributed by atoms with Crippen molar-refractivity contribution in [3.8, 4) is 11.5 Å². The van der Waals surface area contributed by atoms with Gasteiger partial charge < -0.3 is 14.8 Å². The molecule has 1 saturated carbocycles. The predicted octanol–water partition coefficient (Wildman–Crippen LogP) is 3.67. The maximum Gasteiger partial charge on any atom is 0.294 e. The Morgan fingerprint density at radius 1 is 0.969 bits per heavy atom. The van der Waals surface area contributed by atoms with Crippen LogP contribution in [-0.2, 0) is 9.59 Å². The summed E-state index contributed by atoms with van der Waals surface area (Å²) in [5, 5.41) is 14.8. The number of methoxy groups -OCH3 is 2. The van der Waals surface area contributed by atoms with Crippen LogP contribution in [0.25, 0.3) is 0 Å². The number of allylic oxidation sites excluding steroid dienone is 2. The summed E-state index contributed by atoms with van der Waals surface area (Å²) in [6.07, 6.45) is 4.85. The van der Waals surface area contributed by atoms with E-state index in [0.29, 0.717) is 17.2 Å². The van der Waals surface area contributed by atoms with E-state index in [4.69, 9.17) is 9.47 Å². The van der Waals surface area contributed by atoms with E-state index in [1.807, 2.05) is 12.2 Å². The van der Waals surface area contributed by atoms with Gasteiger partial charge in [-0.25, -0.2) is 4.90 Å². The molecule has 3 aliphatic rings. The molecule has 9 nitrogen and oxygen atoms in total. The van der Waals surface area contributed by atoms with E-state index in [1.54, 1.807) is 24.3 Å². The molecule has 0 unspecified atom stereocenters. The van der Waals surface area contributed by atoms with Gasteiger partial charge >= 0.3 is 0 Å². The lowest BCUT2D eigenvalue weighted by molar-refractivity contribution is -0.383. The van der Waals surface area contributed by atoms with Crippen molar-refractivity contribution in [3.63, 3.8) is 0 Å². The molecule has 1 aliphatic heterocycles. The van der Waals surface area contributed by atoms with Gasteiger partial charge in [-0.3, -0.25) is 19.7 Å². The van der Waals surface area contributed by atoms with Gasteiger partial charge in [-0.2, -0.15) is 0 Å². The first-order valence-corrected chi connectivity index (χ1v) is 10.3. The fourth-order valence-corrected chi connectivity index (χ4v) is 5.14. The smallest absolute Gasteiger partial charge is 0.294 e. The highest BCUT2D eigenvalue weighted by molar-refractivity contribution is 6.23. The van der Waals surface area contributed by atoms with E-state index in [9.17, 15) is 19.7 Å². The number of imide groups is 1. The number of nitrogens with one attached hydrogen (secondary N) is 1. The maximum absolute atomic E-state index is 13.0. The highest BCUT2D eigenvalue weighted by Crippen LogP contribution is 2.53. The van der Waals surface area contributed by atoms with Crippen molar-refractivity contribution in [2.45, 2.75) is 6.42 Å². The zero-order chi connectivity index (χ0) is 22.6. The van der Waals surface area contributed by atoms with Crippen molar-refractivity contribution in [2.75, 3.05) is 24.4 Å². The van der Waals surface area contributed by atoms with Crippen LogP contribution in [0.15, 0.2) is 48.6 Å². The topological polar surface area (TPSA) is 111 Å². The first-order chi connectivity index (χ1) is 15.4. The Morgan fingerprint density at radius 2 is 1.62 bits per heavy atom. The molecular weight excluding hydrogens is 414 g/mol. The number of ether oxygens (including phenoxy) is 2. The number of carbonyl (C=O) groups is 2. The van der Waals surface area contributed by atoms with Gasteiger partial charge in [-0.1, -0.05) is 12.2 Å².